The molecule has 0 bridgehead atoms. The standard InChI is InChI=1S/C15H14ClNO4S/c1-17(22(19,20)12-6-4-3-5-7-12)14-9-8-11(16)10-13(14)15(18)21-2/h3-10H,1-2H3. The van der Waals surface area contributed by atoms with Crippen molar-refractivity contribution in [1.82, 2.24) is 0 Å². The molecule has 2 aromatic rings. The number of carbonyl (C=O) groups is 1. The summed E-state index contributed by atoms with van der Waals surface area (Å²) < 4.78 is 31.0. The van der Waals surface area contributed by atoms with Crippen LogP contribution in [-0.2, 0) is 14.8 Å². The number of nitrogens with zero attached hydrogens (tertiary/aromatic N) is 1. The first-order chi connectivity index (χ1) is 10.4. The highest BCUT2D eigenvalue weighted by Gasteiger charge is 2.25. The first-order valence-corrected chi connectivity index (χ1v) is 8.11. The fourth-order valence-electron chi connectivity index (χ4n) is 1.94. The van der Waals surface area contributed by atoms with E-state index in [9.17, 15) is 13.2 Å². The number of rotatable bonds is 4. The van der Waals surface area contributed by atoms with Gasteiger partial charge >= 0.3 is 5.97 Å². The molecule has 0 aliphatic heterocycles. The second-order valence-corrected chi connectivity index (χ2v) is 6.84. The van der Waals surface area contributed by atoms with Crippen molar-refractivity contribution in [3.05, 3.63) is 59.1 Å². The molecule has 0 fully saturated rings. The van der Waals surface area contributed by atoms with Crippen LogP contribution in [0.1, 0.15) is 10.4 Å². The van der Waals surface area contributed by atoms with Crippen LogP contribution < -0.4 is 4.31 Å². The summed E-state index contributed by atoms with van der Waals surface area (Å²) in [6.07, 6.45) is 0. The lowest BCUT2D eigenvalue weighted by Crippen LogP contribution is -2.28. The molecule has 0 aliphatic rings. The Morgan fingerprint density at radius 1 is 1.14 bits per heavy atom. The Bertz CT molecular complexity index is 790. The van der Waals surface area contributed by atoms with Gasteiger partial charge in [0.15, 0.2) is 0 Å². The predicted octanol–water partition coefficient (Wildman–Crippen LogP) is 2.95. The van der Waals surface area contributed by atoms with Crippen LogP contribution in [0.15, 0.2) is 53.4 Å². The number of benzene rings is 2. The molecule has 0 amide bonds. The molecule has 0 aromatic heterocycles. The van der Waals surface area contributed by atoms with E-state index in [2.05, 4.69) is 4.74 Å². The molecule has 0 atom stereocenters. The highest BCUT2D eigenvalue weighted by Crippen LogP contribution is 2.28. The molecule has 22 heavy (non-hydrogen) atoms. The minimum Gasteiger partial charge on any atom is -0.465 e. The fourth-order valence-corrected chi connectivity index (χ4v) is 3.34. The number of methoxy groups -OCH3 is 1. The first-order valence-electron chi connectivity index (χ1n) is 6.30. The Balaban J connectivity index is 2.55. The van der Waals surface area contributed by atoms with Crippen molar-refractivity contribution in [1.29, 1.82) is 0 Å². The molecule has 5 nitrogen and oxygen atoms in total. The number of sulfonamides is 1. The average Bonchev–Trinajstić information content (AvgIpc) is 2.54. The van der Waals surface area contributed by atoms with Crippen LogP contribution in [0.5, 0.6) is 0 Å². The Hall–Kier alpha value is -2.05. The Kier molecular flexibility index (Phi) is 4.73. The van der Waals surface area contributed by atoms with E-state index < -0.39 is 16.0 Å². The van der Waals surface area contributed by atoms with Crippen molar-refractivity contribution in [3.63, 3.8) is 0 Å². The maximum absolute atomic E-state index is 12.6. The second-order valence-electron chi connectivity index (χ2n) is 4.44. The quantitative estimate of drug-likeness (QED) is 0.803. The topological polar surface area (TPSA) is 63.7 Å². The van der Waals surface area contributed by atoms with Crippen molar-refractivity contribution in [2.45, 2.75) is 4.90 Å². The summed E-state index contributed by atoms with van der Waals surface area (Å²) in [5.41, 5.74) is 0.275. The molecular weight excluding hydrogens is 326 g/mol. The summed E-state index contributed by atoms with van der Waals surface area (Å²) in [5.74, 6) is -0.660. The van der Waals surface area contributed by atoms with Crippen LogP contribution in [0, 0.1) is 0 Å². The summed E-state index contributed by atoms with van der Waals surface area (Å²) in [4.78, 5) is 12.0. The molecular formula is C15H14ClNO4S. The third-order valence-electron chi connectivity index (χ3n) is 3.10. The van der Waals surface area contributed by atoms with E-state index in [0.29, 0.717) is 5.02 Å². The van der Waals surface area contributed by atoms with Crippen LogP contribution in [0.25, 0.3) is 0 Å². The van der Waals surface area contributed by atoms with E-state index in [1.54, 1.807) is 18.2 Å². The first kappa shape index (κ1) is 16.3. The molecule has 0 saturated carbocycles. The summed E-state index contributed by atoms with van der Waals surface area (Å²) in [6, 6.07) is 12.3. The SMILES string of the molecule is COC(=O)c1cc(Cl)ccc1N(C)S(=O)(=O)c1ccccc1. The van der Waals surface area contributed by atoms with Gasteiger partial charge in [0.25, 0.3) is 10.0 Å². The Morgan fingerprint density at radius 3 is 2.36 bits per heavy atom. The fraction of sp³-hybridized carbons (Fsp3) is 0.133. The van der Waals surface area contributed by atoms with Crippen LogP contribution in [0.4, 0.5) is 5.69 Å². The number of hydrogen-bond acceptors (Lipinski definition) is 4. The number of anilines is 1. The number of ether oxygens (including phenoxy) is 1. The van der Waals surface area contributed by atoms with E-state index in [1.807, 2.05) is 0 Å². The highest BCUT2D eigenvalue weighted by molar-refractivity contribution is 7.92. The van der Waals surface area contributed by atoms with Gasteiger partial charge in [-0.05, 0) is 30.3 Å². The zero-order valence-corrected chi connectivity index (χ0v) is 13.6. The molecule has 0 spiro atoms. The monoisotopic (exact) mass is 339 g/mol. The van der Waals surface area contributed by atoms with Gasteiger partial charge in [0.1, 0.15) is 0 Å². The average molecular weight is 340 g/mol. The number of halogens is 1. The van der Waals surface area contributed by atoms with Gasteiger partial charge in [0.2, 0.25) is 0 Å². The Morgan fingerprint density at radius 2 is 1.77 bits per heavy atom. The summed E-state index contributed by atoms with van der Waals surface area (Å²) in [7, 11) is -1.19. The maximum atomic E-state index is 12.6. The number of esters is 1. The lowest BCUT2D eigenvalue weighted by molar-refractivity contribution is 0.0601. The van der Waals surface area contributed by atoms with Gasteiger partial charge in [-0.15, -0.1) is 0 Å². The van der Waals surface area contributed by atoms with Crippen molar-refractivity contribution in [2.75, 3.05) is 18.5 Å². The molecule has 2 aromatic carbocycles. The van der Waals surface area contributed by atoms with Crippen molar-refractivity contribution in [3.8, 4) is 0 Å². The van der Waals surface area contributed by atoms with Gasteiger partial charge in [-0.1, -0.05) is 29.8 Å². The zero-order chi connectivity index (χ0) is 16.3. The number of hydrogen-bond donors (Lipinski definition) is 0. The zero-order valence-electron chi connectivity index (χ0n) is 12.0. The second kappa shape index (κ2) is 6.37. The van der Waals surface area contributed by atoms with Crippen molar-refractivity contribution < 1.29 is 17.9 Å². The van der Waals surface area contributed by atoms with Gasteiger partial charge in [0.05, 0.1) is 23.3 Å². The largest absolute Gasteiger partial charge is 0.465 e. The normalized spacial score (nSPS) is 11.0. The van der Waals surface area contributed by atoms with Gasteiger partial charge in [-0.2, -0.15) is 0 Å². The third kappa shape index (κ3) is 3.08. The minimum atomic E-state index is -3.79. The van der Waals surface area contributed by atoms with Crippen LogP contribution in [0.2, 0.25) is 5.02 Å². The van der Waals surface area contributed by atoms with Crippen molar-refractivity contribution in [2.24, 2.45) is 0 Å². The summed E-state index contributed by atoms with van der Waals surface area (Å²) in [5, 5.41) is 0.314. The molecule has 0 N–H and O–H groups in total. The highest BCUT2D eigenvalue weighted by atomic mass is 35.5. The molecule has 7 heteroatoms. The molecule has 0 aliphatic carbocycles. The Labute approximate surface area is 134 Å². The molecule has 0 radical (unpaired) electrons. The van der Waals surface area contributed by atoms with Gasteiger partial charge in [-0.3, -0.25) is 4.31 Å². The van der Waals surface area contributed by atoms with Crippen LogP contribution >= 0.6 is 11.6 Å². The molecule has 116 valence electrons. The van der Waals surface area contributed by atoms with Crippen LogP contribution in [0.3, 0.4) is 0 Å². The van der Waals surface area contributed by atoms with E-state index in [1.165, 1.54) is 44.5 Å². The van der Waals surface area contributed by atoms with E-state index in [0.717, 1.165) is 4.31 Å². The van der Waals surface area contributed by atoms with Gasteiger partial charge < -0.3 is 4.74 Å². The van der Waals surface area contributed by atoms with Crippen molar-refractivity contribution >= 4 is 33.3 Å². The molecule has 0 unspecified atom stereocenters. The molecule has 0 saturated heterocycles. The lowest BCUT2D eigenvalue weighted by atomic mass is 10.2. The van der Waals surface area contributed by atoms with Gasteiger partial charge in [0, 0.05) is 12.1 Å². The van der Waals surface area contributed by atoms with Gasteiger partial charge in [-0.25, -0.2) is 13.2 Å². The predicted molar refractivity (Wildman–Crippen MR) is 84.8 cm³/mol. The number of carbonyl (C=O) groups excluding carboxylic acids is 1. The smallest absolute Gasteiger partial charge is 0.340 e. The molecule has 0 heterocycles. The summed E-state index contributed by atoms with van der Waals surface area (Å²) >= 11 is 5.88. The van der Waals surface area contributed by atoms with Crippen LogP contribution in [-0.4, -0.2) is 28.5 Å². The summed E-state index contributed by atoms with van der Waals surface area (Å²) in [6.45, 7) is 0. The third-order valence-corrected chi connectivity index (χ3v) is 5.13. The van der Waals surface area contributed by atoms with E-state index >= 15 is 0 Å². The van der Waals surface area contributed by atoms with E-state index in [-0.39, 0.29) is 16.1 Å². The van der Waals surface area contributed by atoms with E-state index in [4.69, 9.17) is 11.6 Å². The lowest BCUT2D eigenvalue weighted by Gasteiger charge is -2.21. The molecule has 2 rings (SSSR count). The minimum absolute atomic E-state index is 0.0806. The maximum Gasteiger partial charge on any atom is 0.340 e.